The standard InChI is InChI=1S/C9H14O2/c1-5-6-7(8(10)11-4)9(6,2)3/h5-7H,1H2,2-4H3/t6-,7-/m1/s1. The van der Waals surface area contributed by atoms with Gasteiger partial charge in [0.1, 0.15) is 0 Å². The van der Waals surface area contributed by atoms with Crippen LogP contribution in [0.1, 0.15) is 13.8 Å². The number of rotatable bonds is 2. The van der Waals surface area contributed by atoms with E-state index >= 15 is 0 Å². The van der Waals surface area contributed by atoms with E-state index in [1.807, 2.05) is 6.08 Å². The van der Waals surface area contributed by atoms with Crippen molar-refractivity contribution in [3.63, 3.8) is 0 Å². The largest absolute Gasteiger partial charge is 0.469 e. The van der Waals surface area contributed by atoms with Crippen molar-refractivity contribution in [3.05, 3.63) is 12.7 Å². The average Bonchev–Trinajstić information content (AvgIpc) is 2.51. The van der Waals surface area contributed by atoms with E-state index < -0.39 is 0 Å². The molecule has 0 spiro atoms. The quantitative estimate of drug-likeness (QED) is 0.446. The lowest BCUT2D eigenvalue weighted by Crippen LogP contribution is -2.07. The van der Waals surface area contributed by atoms with Crippen LogP contribution in [0.5, 0.6) is 0 Å². The third-order valence-electron chi connectivity index (χ3n) is 2.62. The fourth-order valence-electron chi connectivity index (χ4n) is 1.69. The van der Waals surface area contributed by atoms with Gasteiger partial charge in [0.05, 0.1) is 13.0 Å². The molecule has 1 rings (SSSR count). The van der Waals surface area contributed by atoms with Crippen molar-refractivity contribution >= 4 is 5.97 Å². The Bertz CT molecular complexity index is 194. The first kappa shape index (κ1) is 8.31. The molecule has 0 N–H and O–H groups in total. The molecule has 0 radical (unpaired) electrons. The Labute approximate surface area is 67.2 Å². The van der Waals surface area contributed by atoms with Gasteiger partial charge in [-0.2, -0.15) is 0 Å². The Morgan fingerprint density at radius 2 is 2.18 bits per heavy atom. The van der Waals surface area contributed by atoms with Crippen LogP contribution in [-0.4, -0.2) is 13.1 Å². The highest BCUT2D eigenvalue weighted by atomic mass is 16.5. The molecule has 0 unspecified atom stereocenters. The molecule has 2 heteroatoms. The molecule has 0 saturated heterocycles. The summed E-state index contributed by atoms with van der Waals surface area (Å²) in [6.45, 7) is 7.79. The maximum absolute atomic E-state index is 11.1. The van der Waals surface area contributed by atoms with Gasteiger partial charge in [-0.25, -0.2) is 0 Å². The summed E-state index contributed by atoms with van der Waals surface area (Å²) in [6.07, 6.45) is 1.83. The number of methoxy groups -OCH3 is 1. The molecule has 0 aliphatic heterocycles. The number of hydrogen-bond donors (Lipinski definition) is 0. The molecule has 0 aromatic carbocycles. The highest BCUT2D eigenvalue weighted by molar-refractivity contribution is 5.78. The predicted molar refractivity (Wildman–Crippen MR) is 43.0 cm³/mol. The summed E-state index contributed by atoms with van der Waals surface area (Å²) in [7, 11) is 1.43. The van der Waals surface area contributed by atoms with Gasteiger partial charge in [0.2, 0.25) is 0 Å². The van der Waals surface area contributed by atoms with Gasteiger partial charge >= 0.3 is 5.97 Å². The molecule has 2 atom stereocenters. The summed E-state index contributed by atoms with van der Waals surface area (Å²) >= 11 is 0. The maximum atomic E-state index is 11.1. The van der Waals surface area contributed by atoms with Crippen LogP contribution in [0.3, 0.4) is 0 Å². The number of carbonyl (C=O) groups excluding carboxylic acids is 1. The van der Waals surface area contributed by atoms with Gasteiger partial charge in [0.15, 0.2) is 0 Å². The van der Waals surface area contributed by atoms with Crippen LogP contribution in [0.4, 0.5) is 0 Å². The van der Waals surface area contributed by atoms with Crippen LogP contribution in [0.25, 0.3) is 0 Å². The lowest BCUT2D eigenvalue weighted by atomic mass is 10.1. The number of allylic oxidation sites excluding steroid dienone is 1. The Hall–Kier alpha value is -0.790. The first-order valence-corrected chi connectivity index (χ1v) is 3.76. The van der Waals surface area contributed by atoms with Gasteiger partial charge in [-0.3, -0.25) is 4.79 Å². The average molecular weight is 154 g/mol. The third kappa shape index (κ3) is 1.06. The summed E-state index contributed by atoms with van der Waals surface area (Å²) in [5, 5.41) is 0. The zero-order valence-corrected chi connectivity index (χ0v) is 7.26. The van der Waals surface area contributed by atoms with Crippen LogP contribution < -0.4 is 0 Å². The Morgan fingerprint density at radius 3 is 2.45 bits per heavy atom. The van der Waals surface area contributed by atoms with Gasteiger partial charge in [-0.15, -0.1) is 6.58 Å². The smallest absolute Gasteiger partial charge is 0.309 e. The lowest BCUT2D eigenvalue weighted by molar-refractivity contribution is -0.143. The van der Waals surface area contributed by atoms with Crippen molar-refractivity contribution in [2.45, 2.75) is 13.8 Å². The monoisotopic (exact) mass is 154 g/mol. The SMILES string of the molecule is C=C[C@@H]1[C@H](C(=O)OC)C1(C)C. The first-order chi connectivity index (χ1) is 5.05. The van der Waals surface area contributed by atoms with Gasteiger partial charge < -0.3 is 4.74 Å². The van der Waals surface area contributed by atoms with Crippen LogP contribution in [0.15, 0.2) is 12.7 Å². The molecule has 0 bridgehead atoms. The van der Waals surface area contributed by atoms with E-state index in [4.69, 9.17) is 0 Å². The van der Waals surface area contributed by atoms with Crippen molar-refractivity contribution in [1.82, 2.24) is 0 Å². The van der Waals surface area contributed by atoms with E-state index in [2.05, 4.69) is 25.2 Å². The molecule has 11 heavy (non-hydrogen) atoms. The van der Waals surface area contributed by atoms with Gasteiger partial charge in [0, 0.05) is 0 Å². The fraction of sp³-hybridized carbons (Fsp3) is 0.667. The molecule has 0 heterocycles. The minimum absolute atomic E-state index is 0.0324. The summed E-state index contributed by atoms with van der Waals surface area (Å²) in [5.41, 5.74) is 0.0643. The van der Waals surface area contributed by atoms with E-state index in [0.29, 0.717) is 5.92 Å². The van der Waals surface area contributed by atoms with Crippen LogP contribution in [0, 0.1) is 17.3 Å². The highest BCUT2D eigenvalue weighted by Gasteiger charge is 2.60. The van der Waals surface area contributed by atoms with Crippen LogP contribution in [0.2, 0.25) is 0 Å². The second kappa shape index (κ2) is 2.36. The van der Waals surface area contributed by atoms with Crippen molar-refractivity contribution in [2.75, 3.05) is 7.11 Å². The molecular formula is C9H14O2. The summed E-state index contributed by atoms with van der Waals surface area (Å²) < 4.78 is 4.66. The number of carbonyl (C=O) groups is 1. The molecule has 0 aromatic rings. The molecule has 1 aliphatic rings. The first-order valence-electron chi connectivity index (χ1n) is 3.76. The summed E-state index contributed by atoms with van der Waals surface area (Å²) in [6, 6.07) is 0. The van der Waals surface area contributed by atoms with E-state index in [-0.39, 0.29) is 17.3 Å². The third-order valence-corrected chi connectivity index (χ3v) is 2.62. The van der Waals surface area contributed by atoms with Crippen molar-refractivity contribution in [2.24, 2.45) is 17.3 Å². The predicted octanol–water partition coefficient (Wildman–Crippen LogP) is 1.62. The number of ether oxygens (including phenoxy) is 1. The van der Waals surface area contributed by atoms with Gasteiger partial charge in [0.25, 0.3) is 0 Å². The normalized spacial score (nSPS) is 32.6. The van der Waals surface area contributed by atoms with Crippen molar-refractivity contribution in [3.8, 4) is 0 Å². The minimum Gasteiger partial charge on any atom is -0.469 e. The fourth-order valence-corrected chi connectivity index (χ4v) is 1.69. The molecule has 1 saturated carbocycles. The second-order valence-electron chi connectivity index (χ2n) is 3.58. The number of esters is 1. The van der Waals surface area contributed by atoms with Gasteiger partial charge in [-0.05, 0) is 11.3 Å². The highest BCUT2D eigenvalue weighted by Crippen LogP contribution is 2.59. The van der Waals surface area contributed by atoms with Crippen molar-refractivity contribution < 1.29 is 9.53 Å². The summed E-state index contributed by atoms with van der Waals surface area (Å²) in [5.74, 6) is 0.222. The van der Waals surface area contributed by atoms with Gasteiger partial charge in [-0.1, -0.05) is 19.9 Å². The Kier molecular flexibility index (Phi) is 1.78. The van der Waals surface area contributed by atoms with Crippen LogP contribution >= 0.6 is 0 Å². The zero-order chi connectivity index (χ0) is 8.65. The lowest BCUT2D eigenvalue weighted by Gasteiger charge is -1.98. The number of hydrogen-bond acceptors (Lipinski definition) is 2. The van der Waals surface area contributed by atoms with E-state index in [9.17, 15) is 4.79 Å². The Morgan fingerprint density at radius 1 is 1.64 bits per heavy atom. The van der Waals surface area contributed by atoms with E-state index in [1.54, 1.807) is 0 Å². The topological polar surface area (TPSA) is 26.3 Å². The maximum Gasteiger partial charge on any atom is 0.309 e. The molecule has 2 nitrogen and oxygen atoms in total. The van der Waals surface area contributed by atoms with Crippen molar-refractivity contribution in [1.29, 1.82) is 0 Å². The Balaban J connectivity index is 2.66. The molecule has 62 valence electrons. The zero-order valence-electron chi connectivity index (χ0n) is 7.26. The molecular weight excluding hydrogens is 140 g/mol. The molecule has 0 aromatic heterocycles. The molecule has 0 amide bonds. The van der Waals surface area contributed by atoms with E-state index in [1.165, 1.54) is 7.11 Å². The summed E-state index contributed by atoms with van der Waals surface area (Å²) in [4.78, 5) is 11.1. The van der Waals surface area contributed by atoms with Crippen LogP contribution in [-0.2, 0) is 9.53 Å². The molecule has 1 aliphatic carbocycles. The minimum atomic E-state index is -0.111. The molecule has 1 fully saturated rings. The van der Waals surface area contributed by atoms with E-state index in [0.717, 1.165) is 0 Å². The second-order valence-corrected chi connectivity index (χ2v) is 3.58.